The minimum Gasteiger partial charge on any atom is -0.481 e. The number of methoxy groups -OCH3 is 1. The van der Waals surface area contributed by atoms with Crippen LogP contribution in [0.5, 0.6) is 5.88 Å². The molecule has 2 N–H and O–H groups in total. The molecule has 2 aromatic heterocycles. The zero-order chi connectivity index (χ0) is 22.4. The first kappa shape index (κ1) is 22.6. The Labute approximate surface area is 183 Å². The van der Waals surface area contributed by atoms with E-state index in [0.717, 1.165) is 23.8 Å². The van der Waals surface area contributed by atoms with E-state index in [9.17, 15) is 17.6 Å². The van der Waals surface area contributed by atoms with E-state index in [2.05, 4.69) is 20.0 Å². The molecule has 0 aliphatic carbocycles. The average molecular weight is 465 g/mol. The van der Waals surface area contributed by atoms with Gasteiger partial charge in [0.05, 0.1) is 17.0 Å². The van der Waals surface area contributed by atoms with Gasteiger partial charge in [-0.2, -0.15) is 0 Å². The highest BCUT2D eigenvalue weighted by atomic mass is 35.5. The van der Waals surface area contributed by atoms with Crippen LogP contribution in [-0.4, -0.2) is 31.4 Å². The van der Waals surface area contributed by atoms with Gasteiger partial charge in [-0.15, -0.1) is 0 Å². The molecule has 11 heteroatoms. The maximum absolute atomic E-state index is 13.2. The number of hydrogen-bond acceptors (Lipinski definition) is 6. The number of hydrogen-bond donors (Lipinski definition) is 2. The van der Waals surface area contributed by atoms with Crippen molar-refractivity contribution in [2.45, 2.75) is 18.0 Å². The van der Waals surface area contributed by atoms with Crippen LogP contribution in [0, 0.1) is 5.82 Å². The second-order valence-corrected chi connectivity index (χ2v) is 8.52. The molecule has 0 saturated carbocycles. The van der Waals surface area contributed by atoms with Gasteiger partial charge < -0.3 is 10.1 Å². The molecular formula is C20H18ClFN4O4S. The number of sulfonamides is 1. The smallest absolute Gasteiger partial charge is 0.270 e. The maximum Gasteiger partial charge on any atom is 0.270 e. The summed E-state index contributed by atoms with van der Waals surface area (Å²) in [6.07, 6.45) is 2.99. The first-order valence-corrected chi connectivity index (χ1v) is 10.8. The Morgan fingerprint density at radius 3 is 2.39 bits per heavy atom. The summed E-state index contributed by atoms with van der Waals surface area (Å²) < 4.78 is 45.2. The summed E-state index contributed by atoms with van der Waals surface area (Å²) in [7, 11) is -2.38. The van der Waals surface area contributed by atoms with E-state index in [-0.39, 0.29) is 34.6 Å². The molecule has 0 unspecified atom stereocenters. The Morgan fingerprint density at radius 2 is 1.77 bits per heavy atom. The summed E-state index contributed by atoms with van der Waals surface area (Å²) in [5.74, 6) is -0.615. The van der Waals surface area contributed by atoms with Crippen LogP contribution in [0.15, 0.2) is 59.8 Å². The summed E-state index contributed by atoms with van der Waals surface area (Å²) in [6.45, 7) is 0.197. The van der Waals surface area contributed by atoms with Crippen molar-refractivity contribution in [3.05, 3.63) is 82.5 Å². The molecule has 162 valence electrons. The molecule has 31 heavy (non-hydrogen) atoms. The quantitative estimate of drug-likeness (QED) is 0.530. The Kier molecular flexibility index (Phi) is 7.16. The van der Waals surface area contributed by atoms with Crippen LogP contribution in [0.3, 0.4) is 0 Å². The molecule has 0 aliphatic heterocycles. The fraction of sp³-hybridized carbons (Fsp3) is 0.150. The predicted molar refractivity (Wildman–Crippen MR) is 112 cm³/mol. The van der Waals surface area contributed by atoms with Crippen molar-refractivity contribution in [1.29, 1.82) is 0 Å². The van der Waals surface area contributed by atoms with Crippen molar-refractivity contribution in [2.75, 3.05) is 7.11 Å². The number of carbonyl (C=O) groups is 1. The van der Waals surface area contributed by atoms with Gasteiger partial charge >= 0.3 is 0 Å². The van der Waals surface area contributed by atoms with Crippen LogP contribution in [0.25, 0.3) is 0 Å². The fourth-order valence-electron chi connectivity index (χ4n) is 2.48. The normalized spacial score (nSPS) is 11.2. The lowest BCUT2D eigenvalue weighted by molar-refractivity contribution is 0.0946. The van der Waals surface area contributed by atoms with Crippen molar-refractivity contribution in [1.82, 2.24) is 20.0 Å². The highest BCUT2D eigenvalue weighted by molar-refractivity contribution is 7.89. The third kappa shape index (κ3) is 5.97. The summed E-state index contributed by atoms with van der Waals surface area (Å²) in [5.41, 5.74) is 1.51. The highest BCUT2D eigenvalue weighted by Crippen LogP contribution is 2.19. The third-order valence-corrected chi connectivity index (χ3v) is 5.87. The van der Waals surface area contributed by atoms with E-state index >= 15 is 0 Å². The van der Waals surface area contributed by atoms with Crippen molar-refractivity contribution in [3.8, 4) is 5.88 Å². The fourth-order valence-corrected chi connectivity index (χ4v) is 3.77. The molecule has 1 amide bonds. The standard InChI is InChI=1S/C20H18ClFN4O4S/c1-30-19-7-3-13(10-24-19)11-25-20(27)18-6-2-14(9-23-18)12-26-31(28,29)15-4-5-17(22)16(21)8-15/h2-10,26H,11-12H2,1H3,(H,25,27). The van der Waals surface area contributed by atoms with E-state index in [0.29, 0.717) is 11.4 Å². The van der Waals surface area contributed by atoms with Gasteiger partial charge in [-0.05, 0) is 35.4 Å². The first-order valence-electron chi connectivity index (χ1n) is 8.95. The average Bonchev–Trinajstić information content (AvgIpc) is 2.78. The molecule has 1 aromatic carbocycles. The van der Waals surface area contributed by atoms with Crippen LogP contribution < -0.4 is 14.8 Å². The van der Waals surface area contributed by atoms with Crippen LogP contribution in [0.4, 0.5) is 4.39 Å². The molecule has 0 aliphatic rings. The number of pyridine rings is 2. The number of rotatable bonds is 8. The van der Waals surface area contributed by atoms with Crippen molar-refractivity contribution in [2.24, 2.45) is 0 Å². The molecule has 0 bridgehead atoms. The minimum absolute atomic E-state index is 0.0657. The van der Waals surface area contributed by atoms with E-state index in [1.165, 1.54) is 19.4 Å². The highest BCUT2D eigenvalue weighted by Gasteiger charge is 2.16. The second-order valence-electron chi connectivity index (χ2n) is 6.34. The minimum atomic E-state index is -3.89. The Hall–Kier alpha value is -3.08. The number of ether oxygens (including phenoxy) is 1. The van der Waals surface area contributed by atoms with Gasteiger partial charge in [-0.25, -0.2) is 22.5 Å². The Balaban J connectivity index is 1.56. The van der Waals surface area contributed by atoms with Crippen molar-refractivity contribution >= 4 is 27.5 Å². The van der Waals surface area contributed by atoms with Gasteiger partial charge in [0.15, 0.2) is 0 Å². The molecule has 3 rings (SSSR count). The van der Waals surface area contributed by atoms with Gasteiger partial charge in [0.25, 0.3) is 5.91 Å². The summed E-state index contributed by atoms with van der Waals surface area (Å²) in [4.78, 5) is 20.2. The van der Waals surface area contributed by atoms with Gasteiger partial charge in [0.2, 0.25) is 15.9 Å². The van der Waals surface area contributed by atoms with E-state index in [1.807, 2.05) is 0 Å². The lowest BCUT2D eigenvalue weighted by Gasteiger charge is -2.08. The SMILES string of the molecule is COc1ccc(CNC(=O)c2ccc(CNS(=O)(=O)c3ccc(F)c(Cl)c3)cn2)cn1. The number of benzene rings is 1. The number of nitrogens with zero attached hydrogens (tertiary/aromatic N) is 2. The molecule has 0 fully saturated rings. The summed E-state index contributed by atoms with van der Waals surface area (Å²) in [6, 6.07) is 9.67. The van der Waals surface area contributed by atoms with Crippen molar-refractivity contribution < 1.29 is 22.3 Å². The number of halogens is 2. The second kappa shape index (κ2) is 9.82. The molecule has 2 heterocycles. The van der Waals surface area contributed by atoms with Crippen LogP contribution >= 0.6 is 11.6 Å². The van der Waals surface area contributed by atoms with Crippen molar-refractivity contribution in [3.63, 3.8) is 0 Å². The van der Waals surface area contributed by atoms with Gasteiger partial charge in [0, 0.05) is 31.5 Å². The topological polar surface area (TPSA) is 110 Å². The maximum atomic E-state index is 13.2. The molecule has 0 saturated heterocycles. The molecule has 0 radical (unpaired) electrons. The molecule has 3 aromatic rings. The Morgan fingerprint density at radius 1 is 1.06 bits per heavy atom. The molecule has 8 nitrogen and oxygen atoms in total. The predicted octanol–water partition coefficient (Wildman–Crippen LogP) is 2.69. The molecular weight excluding hydrogens is 447 g/mol. The third-order valence-electron chi connectivity index (χ3n) is 4.18. The number of carbonyl (C=O) groups excluding carboxylic acids is 1. The summed E-state index contributed by atoms with van der Waals surface area (Å²) >= 11 is 5.64. The van der Waals surface area contributed by atoms with E-state index < -0.39 is 15.8 Å². The lowest BCUT2D eigenvalue weighted by Crippen LogP contribution is -2.25. The first-order chi connectivity index (χ1) is 14.8. The lowest BCUT2D eigenvalue weighted by atomic mass is 10.2. The number of amides is 1. The zero-order valence-corrected chi connectivity index (χ0v) is 17.9. The van der Waals surface area contributed by atoms with Crippen LogP contribution in [-0.2, 0) is 23.1 Å². The summed E-state index contributed by atoms with van der Waals surface area (Å²) in [5, 5.41) is 2.44. The van der Waals surface area contributed by atoms with E-state index in [1.54, 1.807) is 24.4 Å². The Bertz CT molecular complexity index is 1170. The van der Waals surface area contributed by atoms with Gasteiger partial charge in [-0.1, -0.05) is 23.7 Å². The number of aromatic nitrogens is 2. The largest absolute Gasteiger partial charge is 0.481 e. The van der Waals surface area contributed by atoms with Crippen LogP contribution in [0.2, 0.25) is 5.02 Å². The molecule has 0 spiro atoms. The number of nitrogens with one attached hydrogen (secondary N) is 2. The monoisotopic (exact) mass is 464 g/mol. The zero-order valence-electron chi connectivity index (χ0n) is 16.3. The van der Waals surface area contributed by atoms with E-state index in [4.69, 9.17) is 16.3 Å². The van der Waals surface area contributed by atoms with Crippen LogP contribution in [0.1, 0.15) is 21.6 Å². The van der Waals surface area contributed by atoms with Gasteiger partial charge in [-0.3, -0.25) is 9.78 Å². The molecule has 0 atom stereocenters. The van der Waals surface area contributed by atoms with Gasteiger partial charge in [0.1, 0.15) is 11.5 Å².